The number of halogens is 2. The molecule has 0 bridgehead atoms. The van der Waals surface area contributed by atoms with E-state index in [4.69, 9.17) is 11.6 Å². The normalized spacial score (nSPS) is 18.8. The molecule has 1 atom stereocenters. The van der Waals surface area contributed by atoms with Gasteiger partial charge in [0.15, 0.2) is 0 Å². The van der Waals surface area contributed by atoms with Crippen LogP contribution in [0.15, 0.2) is 101 Å². The SMILES string of the molecule is CN1c2ccccc2SC1/C=C1/C=C(Cl)N(c2ccccc2)c2ccccc21.I. The van der Waals surface area contributed by atoms with Crippen LogP contribution in [0, 0.1) is 0 Å². The van der Waals surface area contributed by atoms with E-state index in [1.165, 1.54) is 16.1 Å². The van der Waals surface area contributed by atoms with Gasteiger partial charge in [-0.25, -0.2) is 0 Å². The molecule has 146 valence electrons. The lowest BCUT2D eigenvalue weighted by Gasteiger charge is -2.31. The summed E-state index contributed by atoms with van der Waals surface area (Å²) in [5.41, 5.74) is 5.80. The standard InChI is InChI=1S/C24H19ClN2S.HI/c1-26-21-13-7-8-14-22(21)28-24(26)16-17-15-23(25)27(18-9-3-2-4-10-18)20-12-6-5-11-19(17)20;/h2-16,24H,1H3;1H/b17-16-;. The number of benzene rings is 3. The van der Waals surface area contributed by atoms with Crippen molar-refractivity contribution >= 4 is 70.0 Å². The Morgan fingerprint density at radius 1 is 0.862 bits per heavy atom. The molecular formula is C24H20ClIN2S. The number of fused-ring (bicyclic) bond motifs is 2. The number of thioether (sulfide) groups is 1. The maximum Gasteiger partial charge on any atom is 0.114 e. The summed E-state index contributed by atoms with van der Waals surface area (Å²) in [5.74, 6) is 0. The van der Waals surface area contributed by atoms with E-state index in [0.29, 0.717) is 5.16 Å². The van der Waals surface area contributed by atoms with Crippen molar-refractivity contribution in [3.63, 3.8) is 0 Å². The molecule has 29 heavy (non-hydrogen) atoms. The van der Waals surface area contributed by atoms with Crippen molar-refractivity contribution in [1.29, 1.82) is 0 Å². The van der Waals surface area contributed by atoms with E-state index in [-0.39, 0.29) is 29.4 Å². The van der Waals surface area contributed by atoms with Crippen LogP contribution in [0.5, 0.6) is 0 Å². The van der Waals surface area contributed by atoms with Crippen LogP contribution in [0.1, 0.15) is 5.56 Å². The van der Waals surface area contributed by atoms with Gasteiger partial charge in [0.25, 0.3) is 0 Å². The third-order valence-corrected chi connectivity index (χ3v) is 6.73. The molecule has 5 heteroatoms. The van der Waals surface area contributed by atoms with Crippen LogP contribution in [0.4, 0.5) is 17.1 Å². The Morgan fingerprint density at radius 3 is 2.28 bits per heavy atom. The second-order valence-corrected chi connectivity index (χ2v) is 8.41. The summed E-state index contributed by atoms with van der Waals surface area (Å²) >= 11 is 8.65. The Balaban J connectivity index is 0.00000205. The van der Waals surface area contributed by atoms with Crippen LogP contribution in [0.2, 0.25) is 0 Å². The van der Waals surface area contributed by atoms with E-state index in [9.17, 15) is 0 Å². The molecule has 0 saturated carbocycles. The highest BCUT2D eigenvalue weighted by Crippen LogP contribution is 2.46. The van der Waals surface area contributed by atoms with E-state index < -0.39 is 0 Å². The van der Waals surface area contributed by atoms with Gasteiger partial charge < -0.3 is 9.80 Å². The van der Waals surface area contributed by atoms with Crippen LogP contribution in [0.3, 0.4) is 0 Å². The minimum absolute atomic E-state index is 0. The van der Waals surface area contributed by atoms with Gasteiger partial charge in [-0.05, 0) is 48.1 Å². The molecule has 0 aromatic heterocycles. The van der Waals surface area contributed by atoms with Crippen molar-refractivity contribution in [3.8, 4) is 0 Å². The number of para-hydroxylation sites is 3. The van der Waals surface area contributed by atoms with E-state index in [1.807, 2.05) is 30.0 Å². The summed E-state index contributed by atoms with van der Waals surface area (Å²) in [4.78, 5) is 5.74. The molecule has 0 fully saturated rings. The topological polar surface area (TPSA) is 6.48 Å². The molecule has 2 aliphatic heterocycles. The number of anilines is 3. The zero-order chi connectivity index (χ0) is 19.1. The van der Waals surface area contributed by atoms with Crippen LogP contribution in [-0.2, 0) is 0 Å². The molecule has 2 aliphatic rings. The third kappa shape index (κ3) is 3.69. The highest BCUT2D eigenvalue weighted by Gasteiger charge is 2.28. The first kappa shape index (κ1) is 20.4. The Bertz CT molecular complexity index is 1100. The van der Waals surface area contributed by atoms with Gasteiger partial charge >= 0.3 is 0 Å². The van der Waals surface area contributed by atoms with Gasteiger partial charge in [0, 0.05) is 23.2 Å². The lowest BCUT2D eigenvalue weighted by Crippen LogP contribution is -2.23. The average Bonchev–Trinajstić information content (AvgIpc) is 3.04. The number of allylic oxidation sites excluding steroid dienone is 2. The van der Waals surface area contributed by atoms with Gasteiger partial charge in [0.1, 0.15) is 5.16 Å². The van der Waals surface area contributed by atoms with Gasteiger partial charge in [-0.15, -0.1) is 24.0 Å². The van der Waals surface area contributed by atoms with E-state index in [1.54, 1.807) is 0 Å². The number of rotatable bonds is 2. The quantitative estimate of drug-likeness (QED) is 0.250. The van der Waals surface area contributed by atoms with E-state index in [0.717, 1.165) is 16.9 Å². The van der Waals surface area contributed by atoms with Crippen LogP contribution < -0.4 is 9.80 Å². The summed E-state index contributed by atoms with van der Waals surface area (Å²) < 4.78 is 0. The summed E-state index contributed by atoms with van der Waals surface area (Å²) in [6, 6.07) is 27.3. The van der Waals surface area contributed by atoms with Crippen LogP contribution in [0.25, 0.3) is 5.57 Å². The first-order chi connectivity index (χ1) is 13.7. The van der Waals surface area contributed by atoms with Gasteiger partial charge in [-0.1, -0.05) is 71.9 Å². The van der Waals surface area contributed by atoms with Crippen molar-refractivity contribution < 1.29 is 0 Å². The second kappa shape index (κ2) is 8.46. The lowest BCUT2D eigenvalue weighted by atomic mass is 9.98. The zero-order valence-corrected chi connectivity index (χ0v) is 19.7. The zero-order valence-electron chi connectivity index (χ0n) is 15.8. The number of likely N-dealkylation sites (N-methyl/N-ethyl adjacent to an activating group) is 1. The fraction of sp³-hybridized carbons (Fsp3) is 0.0833. The Labute approximate surface area is 197 Å². The first-order valence-corrected chi connectivity index (χ1v) is 10.5. The third-order valence-electron chi connectivity index (χ3n) is 5.16. The van der Waals surface area contributed by atoms with Crippen molar-refractivity contribution in [3.05, 3.63) is 102 Å². The minimum Gasteiger partial charge on any atom is -0.358 e. The fourth-order valence-corrected chi connectivity index (χ4v) is 5.31. The Kier molecular flexibility index (Phi) is 5.95. The molecule has 1 unspecified atom stereocenters. The molecule has 3 aromatic rings. The van der Waals surface area contributed by atoms with Gasteiger partial charge in [0.05, 0.1) is 16.7 Å². The van der Waals surface area contributed by atoms with Crippen LogP contribution >= 0.6 is 47.3 Å². The predicted octanol–water partition coefficient (Wildman–Crippen LogP) is 7.49. The fourth-order valence-electron chi connectivity index (χ4n) is 3.77. The molecule has 0 spiro atoms. The smallest absolute Gasteiger partial charge is 0.114 e. The molecule has 2 heterocycles. The van der Waals surface area contributed by atoms with Crippen LogP contribution in [-0.4, -0.2) is 12.4 Å². The Hall–Kier alpha value is -1.89. The summed E-state index contributed by atoms with van der Waals surface area (Å²) in [7, 11) is 2.15. The molecule has 0 saturated heterocycles. The first-order valence-electron chi connectivity index (χ1n) is 9.24. The van der Waals surface area contributed by atoms with Gasteiger partial charge in [-0.2, -0.15) is 0 Å². The maximum absolute atomic E-state index is 6.78. The van der Waals surface area contributed by atoms with E-state index >= 15 is 0 Å². The minimum atomic E-state index is 0. The van der Waals surface area contributed by atoms with Crippen molar-refractivity contribution in [2.45, 2.75) is 10.3 Å². The molecular weight excluding hydrogens is 511 g/mol. The van der Waals surface area contributed by atoms with Crippen molar-refractivity contribution in [2.24, 2.45) is 0 Å². The lowest BCUT2D eigenvalue weighted by molar-refractivity contribution is 0.991. The molecule has 0 aliphatic carbocycles. The van der Waals surface area contributed by atoms with Gasteiger partial charge in [-0.3, -0.25) is 0 Å². The number of hydrogen-bond donors (Lipinski definition) is 0. The monoisotopic (exact) mass is 530 g/mol. The van der Waals surface area contributed by atoms with Crippen molar-refractivity contribution in [2.75, 3.05) is 16.8 Å². The van der Waals surface area contributed by atoms with Gasteiger partial charge in [0.2, 0.25) is 0 Å². The second-order valence-electron chi connectivity index (χ2n) is 6.86. The van der Waals surface area contributed by atoms with E-state index in [2.05, 4.69) is 89.7 Å². The molecule has 3 aromatic carbocycles. The summed E-state index contributed by atoms with van der Waals surface area (Å²) in [6.07, 6.45) is 4.39. The maximum atomic E-state index is 6.78. The number of nitrogens with zero attached hydrogens (tertiary/aromatic N) is 2. The molecule has 2 nitrogen and oxygen atoms in total. The summed E-state index contributed by atoms with van der Waals surface area (Å²) in [5, 5.41) is 0.948. The molecule has 5 rings (SSSR count). The highest BCUT2D eigenvalue weighted by molar-refractivity contribution is 14.0. The Morgan fingerprint density at radius 2 is 1.52 bits per heavy atom. The molecule has 0 N–H and O–H groups in total. The van der Waals surface area contributed by atoms with Crippen molar-refractivity contribution in [1.82, 2.24) is 0 Å². The average molecular weight is 531 g/mol. The summed E-state index contributed by atoms with van der Waals surface area (Å²) in [6.45, 7) is 0. The number of hydrogen-bond acceptors (Lipinski definition) is 3. The molecule has 0 amide bonds. The highest BCUT2D eigenvalue weighted by atomic mass is 127. The largest absolute Gasteiger partial charge is 0.358 e. The molecule has 0 radical (unpaired) electrons. The predicted molar refractivity (Wildman–Crippen MR) is 137 cm³/mol.